The Morgan fingerprint density at radius 3 is 2.68 bits per heavy atom. The molecular formula is C14H17ClN2O2. The zero-order chi connectivity index (χ0) is 14.2. The van der Waals surface area contributed by atoms with Crippen LogP contribution in [0.2, 0.25) is 5.02 Å². The first-order chi connectivity index (χ1) is 8.90. The highest BCUT2D eigenvalue weighted by Crippen LogP contribution is 2.29. The summed E-state index contributed by atoms with van der Waals surface area (Å²) >= 11 is 6.08. The number of amides is 2. The van der Waals surface area contributed by atoms with Gasteiger partial charge in [-0.25, -0.2) is 0 Å². The summed E-state index contributed by atoms with van der Waals surface area (Å²) < 4.78 is 0. The lowest BCUT2D eigenvalue weighted by Gasteiger charge is -2.19. The third-order valence-corrected chi connectivity index (χ3v) is 3.79. The molecule has 2 rings (SSSR count). The van der Waals surface area contributed by atoms with E-state index in [1.807, 2.05) is 19.1 Å². The highest BCUT2D eigenvalue weighted by atomic mass is 35.5. The van der Waals surface area contributed by atoms with Crippen LogP contribution in [0.4, 0.5) is 5.69 Å². The van der Waals surface area contributed by atoms with Gasteiger partial charge in [-0.2, -0.15) is 0 Å². The van der Waals surface area contributed by atoms with Crippen molar-refractivity contribution in [2.75, 3.05) is 25.5 Å². The molecule has 1 saturated heterocycles. The van der Waals surface area contributed by atoms with Gasteiger partial charge in [0.15, 0.2) is 0 Å². The second kappa shape index (κ2) is 5.21. The number of halogens is 1. The van der Waals surface area contributed by atoms with Crippen LogP contribution >= 0.6 is 11.6 Å². The van der Waals surface area contributed by atoms with Crippen LogP contribution in [0.25, 0.3) is 0 Å². The number of nitrogens with zero attached hydrogens (tertiary/aromatic N) is 2. The molecule has 0 aliphatic carbocycles. The molecule has 102 valence electrons. The smallest absolute Gasteiger partial charge is 0.227 e. The molecule has 0 unspecified atom stereocenters. The Balaban J connectivity index is 2.20. The number of hydrogen-bond acceptors (Lipinski definition) is 2. The van der Waals surface area contributed by atoms with Gasteiger partial charge in [-0.3, -0.25) is 9.59 Å². The van der Waals surface area contributed by atoms with Gasteiger partial charge in [-0.15, -0.1) is 0 Å². The summed E-state index contributed by atoms with van der Waals surface area (Å²) in [7, 11) is 3.41. The molecule has 1 fully saturated rings. The fraction of sp³-hybridized carbons (Fsp3) is 0.429. The van der Waals surface area contributed by atoms with E-state index in [1.165, 1.54) is 4.90 Å². The van der Waals surface area contributed by atoms with Crippen LogP contribution in [0.5, 0.6) is 0 Å². The Labute approximate surface area is 117 Å². The lowest BCUT2D eigenvalue weighted by Crippen LogP contribution is -2.32. The van der Waals surface area contributed by atoms with Crippen LogP contribution in [-0.4, -0.2) is 37.4 Å². The van der Waals surface area contributed by atoms with E-state index in [4.69, 9.17) is 11.6 Å². The van der Waals surface area contributed by atoms with Crippen molar-refractivity contribution in [2.45, 2.75) is 13.3 Å². The first-order valence-electron chi connectivity index (χ1n) is 6.18. The first-order valence-corrected chi connectivity index (χ1v) is 6.55. The first kappa shape index (κ1) is 13.9. The molecule has 0 spiro atoms. The van der Waals surface area contributed by atoms with Gasteiger partial charge in [0.05, 0.1) is 5.92 Å². The Kier molecular flexibility index (Phi) is 3.80. The van der Waals surface area contributed by atoms with Crippen LogP contribution < -0.4 is 4.90 Å². The molecule has 4 nitrogen and oxygen atoms in total. The quantitative estimate of drug-likeness (QED) is 0.832. The van der Waals surface area contributed by atoms with Crippen molar-refractivity contribution in [1.82, 2.24) is 4.90 Å². The molecule has 1 aromatic rings. The van der Waals surface area contributed by atoms with E-state index < -0.39 is 0 Å². The van der Waals surface area contributed by atoms with Crippen LogP contribution in [0, 0.1) is 12.8 Å². The third-order valence-electron chi connectivity index (χ3n) is 3.38. The highest BCUT2D eigenvalue weighted by molar-refractivity contribution is 6.31. The van der Waals surface area contributed by atoms with Gasteiger partial charge in [0, 0.05) is 37.8 Å². The van der Waals surface area contributed by atoms with Gasteiger partial charge in [0.25, 0.3) is 0 Å². The number of hydrogen-bond donors (Lipinski definition) is 0. The monoisotopic (exact) mass is 280 g/mol. The zero-order valence-corrected chi connectivity index (χ0v) is 12.1. The number of benzene rings is 1. The molecule has 1 aliphatic rings. The van der Waals surface area contributed by atoms with Crippen molar-refractivity contribution in [2.24, 2.45) is 5.92 Å². The normalized spacial score (nSPS) is 18.8. The molecule has 0 saturated carbocycles. The number of rotatable bonds is 2. The van der Waals surface area contributed by atoms with Gasteiger partial charge in [-0.05, 0) is 24.6 Å². The lowest BCUT2D eigenvalue weighted by molar-refractivity contribution is -0.133. The molecular weight excluding hydrogens is 264 g/mol. The molecule has 2 amide bonds. The van der Waals surface area contributed by atoms with Gasteiger partial charge in [0.1, 0.15) is 0 Å². The van der Waals surface area contributed by atoms with Crippen molar-refractivity contribution < 1.29 is 9.59 Å². The summed E-state index contributed by atoms with van der Waals surface area (Å²) in [4.78, 5) is 27.1. The van der Waals surface area contributed by atoms with E-state index in [2.05, 4.69) is 0 Å². The number of carbonyl (C=O) groups excluding carboxylic acids is 2. The van der Waals surface area contributed by atoms with Gasteiger partial charge in [0.2, 0.25) is 11.8 Å². The minimum Gasteiger partial charge on any atom is -0.349 e. The number of anilines is 1. The minimum atomic E-state index is -0.262. The molecule has 1 heterocycles. The molecule has 19 heavy (non-hydrogen) atoms. The van der Waals surface area contributed by atoms with Crippen LogP contribution in [-0.2, 0) is 9.59 Å². The van der Waals surface area contributed by atoms with Crippen molar-refractivity contribution in [3.8, 4) is 0 Å². The van der Waals surface area contributed by atoms with E-state index in [0.717, 1.165) is 11.3 Å². The van der Waals surface area contributed by atoms with Crippen LogP contribution in [0.3, 0.4) is 0 Å². The molecule has 5 heteroatoms. The maximum absolute atomic E-state index is 12.0. The largest absolute Gasteiger partial charge is 0.349 e. The maximum atomic E-state index is 12.0. The van der Waals surface area contributed by atoms with E-state index in [-0.39, 0.29) is 24.2 Å². The number of aryl methyl sites for hydroxylation is 1. The van der Waals surface area contributed by atoms with Crippen LogP contribution in [0.15, 0.2) is 18.2 Å². The average Bonchev–Trinajstić information content (AvgIpc) is 2.73. The summed E-state index contributed by atoms with van der Waals surface area (Å²) in [5.74, 6) is -0.295. The van der Waals surface area contributed by atoms with E-state index in [0.29, 0.717) is 11.6 Å². The Bertz CT molecular complexity index is 528. The minimum absolute atomic E-state index is 0.00550. The Morgan fingerprint density at radius 2 is 2.11 bits per heavy atom. The van der Waals surface area contributed by atoms with Gasteiger partial charge >= 0.3 is 0 Å². The Morgan fingerprint density at radius 1 is 1.42 bits per heavy atom. The fourth-order valence-corrected chi connectivity index (χ4v) is 2.41. The van der Waals surface area contributed by atoms with Crippen LogP contribution in [0.1, 0.15) is 12.0 Å². The fourth-order valence-electron chi connectivity index (χ4n) is 2.24. The molecule has 1 aliphatic heterocycles. The van der Waals surface area contributed by atoms with E-state index >= 15 is 0 Å². The van der Waals surface area contributed by atoms with E-state index in [9.17, 15) is 9.59 Å². The third kappa shape index (κ3) is 2.73. The number of carbonyl (C=O) groups is 2. The van der Waals surface area contributed by atoms with Crippen molar-refractivity contribution >= 4 is 29.1 Å². The molecule has 1 aromatic carbocycles. The summed E-state index contributed by atoms with van der Waals surface area (Å²) in [6, 6.07) is 5.52. The Hall–Kier alpha value is -1.55. The molecule has 0 N–H and O–H groups in total. The average molecular weight is 281 g/mol. The molecule has 0 bridgehead atoms. The lowest BCUT2D eigenvalue weighted by atomic mass is 10.1. The molecule has 0 radical (unpaired) electrons. The van der Waals surface area contributed by atoms with Crippen molar-refractivity contribution in [3.63, 3.8) is 0 Å². The standard InChI is InChI=1S/C14H17ClN2O2/c1-9-4-5-11(7-12(9)15)17-8-10(6-13(17)18)14(19)16(2)3/h4-5,7,10H,6,8H2,1-3H3/t10-/m1/s1. The zero-order valence-electron chi connectivity index (χ0n) is 11.3. The second-order valence-corrected chi connectivity index (χ2v) is 5.48. The summed E-state index contributed by atoms with van der Waals surface area (Å²) in [5.41, 5.74) is 1.73. The predicted molar refractivity (Wildman–Crippen MR) is 75.3 cm³/mol. The second-order valence-electron chi connectivity index (χ2n) is 5.07. The maximum Gasteiger partial charge on any atom is 0.227 e. The summed E-state index contributed by atoms with van der Waals surface area (Å²) in [6.07, 6.45) is 0.266. The molecule has 0 aromatic heterocycles. The summed E-state index contributed by atoms with van der Waals surface area (Å²) in [5, 5.41) is 0.632. The predicted octanol–water partition coefficient (Wildman–Crippen LogP) is 2.09. The highest BCUT2D eigenvalue weighted by Gasteiger charge is 2.35. The van der Waals surface area contributed by atoms with E-state index in [1.54, 1.807) is 25.1 Å². The summed E-state index contributed by atoms with van der Waals surface area (Å²) in [6.45, 7) is 2.34. The topological polar surface area (TPSA) is 40.6 Å². The van der Waals surface area contributed by atoms with Crippen molar-refractivity contribution in [1.29, 1.82) is 0 Å². The van der Waals surface area contributed by atoms with Gasteiger partial charge in [-0.1, -0.05) is 17.7 Å². The SMILES string of the molecule is Cc1ccc(N2C[C@H](C(=O)N(C)C)CC2=O)cc1Cl. The van der Waals surface area contributed by atoms with Crippen molar-refractivity contribution in [3.05, 3.63) is 28.8 Å². The van der Waals surface area contributed by atoms with Gasteiger partial charge < -0.3 is 9.80 Å². The molecule has 1 atom stereocenters.